The van der Waals surface area contributed by atoms with Crippen molar-refractivity contribution in [2.45, 2.75) is 58.2 Å². The minimum absolute atomic E-state index is 0.350. The summed E-state index contributed by atoms with van der Waals surface area (Å²) in [7, 11) is -1.48. The molecule has 0 atom stereocenters. The Kier molecular flexibility index (Phi) is 6.58. The Labute approximate surface area is 98.9 Å². The van der Waals surface area contributed by atoms with E-state index < -0.39 is 8.32 Å². The highest BCUT2D eigenvalue weighted by Gasteiger charge is 2.36. The van der Waals surface area contributed by atoms with Crippen molar-refractivity contribution in [2.75, 3.05) is 11.9 Å². The van der Waals surface area contributed by atoms with Crippen LogP contribution in [0.3, 0.4) is 0 Å². The van der Waals surface area contributed by atoms with Gasteiger partial charge in [0.05, 0.1) is 0 Å². The van der Waals surface area contributed by atoms with E-state index in [1.165, 1.54) is 19.3 Å². The van der Waals surface area contributed by atoms with Crippen LogP contribution in [0.4, 0.5) is 0 Å². The van der Waals surface area contributed by atoms with Crippen LogP contribution in [0.1, 0.15) is 40.0 Å². The number of alkyl halides is 1. The molecule has 3 heteroatoms. The van der Waals surface area contributed by atoms with E-state index in [9.17, 15) is 0 Å². The van der Waals surface area contributed by atoms with E-state index in [0.29, 0.717) is 5.04 Å². The lowest BCUT2D eigenvalue weighted by molar-refractivity contribution is 0.279. The maximum atomic E-state index is 6.06. The van der Waals surface area contributed by atoms with E-state index in [-0.39, 0.29) is 0 Å². The van der Waals surface area contributed by atoms with E-state index in [0.717, 1.165) is 11.9 Å². The minimum Gasteiger partial charge on any atom is -0.417 e. The van der Waals surface area contributed by atoms with Crippen LogP contribution < -0.4 is 0 Å². The molecule has 0 heterocycles. The number of unbranched alkanes of at least 4 members (excludes halogenated alkanes) is 2. The van der Waals surface area contributed by atoms with Crippen LogP contribution in [0.25, 0.3) is 0 Å². The first-order chi connectivity index (χ1) is 6.31. The Morgan fingerprint density at radius 2 is 1.64 bits per heavy atom. The van der Waals surface area contributed by atoms with Gasteiger partial charge in [0.15, 0.2) is 8.32 Å². The molecule has 0 saturated heterocycles. The predicted octanol–water partition coefficient (Wildman–Crippen LogP) is 4.57. The second-order valence-corrected chi connectivity index (χ2v) is 11.0. The highest BCUT2D eigenvalue weighted by atomic mass is 79.9. The van der Waals surface area contributed by atoms with Crippen LogP contribution in [0, 0.1) is 0 Å². The van der Waals surface area contributed by atoms with Gasteiger partial charge in [0.2, 0.25) is 0 Å². The number of hydrogen-bond donors (Lipinski definition) is 0. The summed E-state index contributed by atoms with van der Waals surface area (Å²) in [6, 6.07) is 0. The molecule has 1 nitrogen and oxygen atoms in total. The molecule has 0 fully saturated rings. The van der Waals surface area contributed by atoms with Crippen LogP contribution in [0.2, 0.25) is 18.1 Å². The second kappa shape index (κ2) is 6.29. The van der Waals surface area contributed by atoms with Crippen molar-refractivity contribution in [3.63, 3.8) is 0 Å². The first-order valence-electron chi connectivity index (χ1n) is 5.51. The van der Waals surface area contributed by atoms with Crippen molar-refractivity contribution < 1.29 is 4.43 Å². The maximum Gasteiger partial charge on any atom is 0.191 e. The third-order valence-electron chi connectivity index (χ3n) is 3.05. The van der Waals surface area contributed by atoms with Gasteiger partial charge in [-0.2, -0.15) is 0 Å². The molecule has 0 unspecified atom stereocenters. The molecule has 0 radical (unpaired) electrons. The van der Waals surface area contributed by atoms with Crippen molar-refractivity contribution in [1.82, 2.24) is 0 Å². The third-order valence-corrected chi connectivity index (χ3v) is 8.15. The van der Waals surface area contributed by atoms with Crippen molar-refractivity contribution in [3.05, 3.63) is 0 Å². The molecule has 0 aromatic heterocycles. The lowest BCUT2D eigenvalue weighted by atomic mass is 10.2. The van der Waals surface area contributed by atoms with Crippen LogP contribution in [-0.2, 0) is 4.43 Å². The van der Waals surface area contributed by atoms with Crippen LogP contribution in [-0.4, -0.2) is 20.3 Å². The highest BCUT2D eigenvalue weighted by Crippen LogP contribution is 2.36. The summed E-state index contributed by atoms with van der Waals surface area (Å²) in [5, 5.41) is 1.47. The van der Waals surface area contributed by atoms with E-state index >= 15 is 0 Å². The molecule has 0 spiro atoms. The quantitative estimate of drug-likeness (QED) is 0.393. The van der Waals surface area contributed by atoms with Gasteiger partial charge in [0.1, 0.15) is 0 Å². The molecule has 0 aromatic carbocycles. The van der Waals surface area contributed by atoms with E-state index in [1.54, 1.807) is 0 Å². The van der Waals surface area contributed by atoms with Gasteiger partial charge in [-0.05, 0) is 31.0 Å². The zero-order valence-electron chi connectivity index (χ0n) is 10.3. The summed E-state index contributed by atoms with van der Waals surface area (Å²) >= 11 is 3.44. The molecule has 0 bridgehead atoms. The van der Waals surface area contributed by atoms with Gasteiger partial charge >= 0.3 is 0 Å². The summed E-state index contributed by atoms with van der Waals surface area (Å²) in [4.78, 5) is 0. The van der Waals surface area contributed by atoms with Crippen molar-refractivity contribution >= 4 is 24.2 Å². The third kappa shape index (κ3) is 5.52. The molecule has 0 aliphatic carbocycles. The molecule has 86 valence electrons. The van der Waals surface area contributed by atoms with Gasteiger partial charge in [-0.15, -0.1) is 0 Å². The monoisotopic (exact) mass is 280 g/mol. The van der Waals surface area contributed by atoms with Crippen molar-refractivity contribution in [2.24, 2.45) is 0 Å². The van der Waals surface area contributed by atoms with Crippen LogP contribution >= 0.6 is 15.9 Å². The first-order valence-corrected chi connectivity index (χ1v) is 9.54. The standard InChI is InChI=1S/C11H25BrOSi/c1-11(2,3)14(4,5)13-10-8-6-7-9-12/h6-10H2,1-5H3. The summed E-state index contributed by atoms with van der Waals surface area (Å²) in [5.41, 5.74) is 0. The van der Waals surface area contributed by atoms with E-state index in [2.05, 4.69) is 49.8 Å². The summed E-state index contributed by atoms with van der Waals surface area (Å²) in [6.07, 6.45) is 3.75. The van der Waals surface area contributed by atoms with Gasteiger partial charge in [-0.1, -0.05) is 43.1 Å². The Morgan fingerprint density at radius 1 is 1.07 bits per heavy atom. The Balaban J connectivity index is 3.67. The molecule has 0 saturated carbocycles. The topological polar surface area (TPSA) is 9.23 Å². The second-order valence-electron chi connectivity index (χ2n) is 5.36. The van der Waals surface area contributed by atoms with Crippen molar-refractivity contribution in [1.29, 1.82) is 0 Å². The number of hydrogen-bond acceptors (Lipinski definition) is 1. The molecule has 14 heavy (non-hydrogen) atoms. The first kappa shape index (κ1) is 14.7. The molecule has 0 N–H and O–H groups in total. The Morgan fingerprint density at radius 3 is 2.07 bits per heavy atom. The molecule has 0 aromatic rings. The average molecular weight is 281 g/mol. The van der Waals surface area contributed by atoms with Gasteiger partial charge in [-0.25, -0.2) is 0 Å². The molecular formula is C11H25BrOSi. The minimum atomic E-state index is -1.48. The highest BCUT2D eigenvalue weighted by molar-refractivity contribution is 9.09. The summed E-state index contributed by atoms with van der Waals surface area (Å²) in [5.74, 6) is 0. The van der Waals surface area contributed by atoms with Crippen LogP contribution in [0.5, 0.6) is 0 Å². The predicted molar refractivity (Wildman–Crippen MR) is 70.8 cm³/mol. The summed E-state index contributed by atoms with van der Waals surface area (Å²) in [6.45, 7) is 12.4. The van der Waals surface area contributed by atoms with Gasteiger partial charge in [0, 0.05) is 11.9 Å². The fourth-order valence-corrected chi connectivity index (χ4v) is 2.40. The molecule has 0 aliphatic rings. The van der Waals surface area contributed by atoms with Gasteiger partial charge in [-0.3, -0.25) is 0 Å². The molecule has 0 aliphatic heterocycles. The molecule has 0 rings (SSSR count). The summed E-state index contributed by atoms with van der Waals surface area (Å²) < 4.78 is 6.06. The van der Waals surface area contributed by atoms with E-state index in [1.807, 2.05) is 0 Å². The lowest BCUT2D eigenvalue weighted by Gasteiger charge is -2.36. The molecule has 0 amide bonds. The van der Waals surface area contributed by atoms with Gasteiger partial charge in [0.25, 0.3) is 0 Å². The zero-order valence-corrected chi connectivity index (χ0v) is 12.9. The largest absolute Gasteiger partial charge is 0.417 e. The smallest absolute Gasteiger partial charge is 0.191 e. The maximum absolute atomic E-state index is 6.06. The van der Waals surface area contributed by atoms with E-state index in [4.69, 9.17) is 4.43 Å². The lowest BCUT2D eigenvalue weighted by Crippen LogP contribution is -2.40. The zero-order chi connectivity index (χ0) is 11.2. The number of halogens is 1. The Bertz CT molecular complexity index is 152. The van der Waals surface area contributed by atoms with Crippen LogP contribution in [0.15, 0.2) is 0 Å². The average Bonchev–Trinajstić information content (AvgIpc) is 2.02. The normalized spacial score (nSPS) is 13.3. The van der Waals surface area contributed by atoms with Crippen molar-refractivity contribution in [3.8, 4) is 0 Å². The fourth-order valence-electron chi connectivity index (χ4n) is 0.917. The molecular weight excluding hydrogens is 256 g/mol. The SMILES string of the molecule is CC(C)(C)[Si](C)(C)OCCCCCBr. The van der Waals surface area contributed by atoms with Gasteiger partial charge < -0.3 is 4.43 Å². The fraction of sp³-hybridized carbons (Fsp3) is 1.00. The number of rotatable bonds is 6. The Hall–Kier alpha value is 0.657.